The topological polar surface area (TPSA) is 0 Å². The zero-order valence-corrected chi connectivity index (χ0v) is 19.4. The Morgan fingerprint density at radius 1 is 0.714 bits per heavy atom. The summed E-state index contributed by atoms with van der Waals surface area (Å²) in [5, 5.41) is 0. The molecule has 0 atom stereocenters. The van der Waals surface area contributed by atoms with Crippen molar-refractivity contribution in [1.82, 2.24) is 0 Å². The SMILES string of the molecule is C=C=C=CC(C)(C)C.CCCC.CCCC.CCCC.[Sn]. The molecule has 0 bridgehead atoms. The van der Waals surface area contributed by atoms with Crippen LogP contribution in [-0.2, 0) is 0 Å². The third kappa shape index (κ3) is 100. The van der Waals surface area contributed by atoms with Crippen LogP contribution in [0.3, 0.4) is 0 Å². The molecular formula is C20H42Sn. The first-order chi connectivity index (χ1) is 9.30. The van der Waals surface area contributed by atoms with Crippen LogP contribution < -0.4 is 0 Å². The number of allylic oxidation sites excluding steroid dienone is 1. The van der Waals surface area contributed by atoms with E-state index in [1.165, 1.54) is 38.5 Å². The van der Waals surface area contributed by atoms with Crippen LogP contribution in [0.4, 0.5) is 0 Å². The van der Waals surface area contributed by atoms with Gasteiger partial charge < -0.3 is 0 Å². The summed E-state index contributed by atoms with van der Waals surface area (Å²) in [5.74, 6) is 0. The van der Waals surface area contributed by atoms with Gasteiger partial charge in [-0.05, 0) is 18.1 Å². The van der Waals surface area contributed by atoms with E-state index >= 15 is 0 Å². The number of rotatable bonds is 3. The van der Waals surface area contributed by atoms with Crippen LogP contribution >= 0.6 is 0 Å². The average molecular weight is 401 g/mol. The fraction of sp³-hybridized carbons (Fsp3) is 0.800. The van der Waals surface area contributed by atoms with E-state index in [0.717, 1.165) is 0 Å². The van der Waals surface area contributed by atoms with E-state index in [-0.39, 0.29) is 29.3 Å². The van der Waals surface area contributed by atoms with Gasteiger partial charge >= 0.3 is 0 Å². The van der Waals surface area contributed by atoms with Gasteiger partial charge in [-0.3, -0.25) is 0 Å². The molecule has 0 spiro atoms. The Balaban J connectivity index is -0.0000000570. The van der Waals surface area contributed by atoms with Gasteiger partial charge in [-0.2, -0.15) is 0 Å². The Labute approximate surface area is 154 Å². The molecule has 0 amide bonds. The van der Waals surface area contributed by atoms with Gasteiger partial charge in [0.2, 0.25) is 0 Å². The molecule has 0 nitrogen and oxygen atoms in total. The van der Waals surface area contributed by atoms with Crippen molar-refractivity contribution in [1.29, 1.82) is 0 Å². The molecule has 0 aromatic heterocycles. The molecule has 0 unspecified atom stereocenters. The van der Waals surface area contributed by atoms with Gasteiger partial charge in [0.25, 0.3) is 0 Å². The molecule has 4 radical (unpaired) electrons. The van der Waals surface area contributed by atoms with E-state index in [0.29, 0.717) is 0 Å². The van der Waals surface area contributed by atoms with Gasteiger partial charge in [0, 0.05) is 23.9 Å². The Kier molecular flexibility index (Phi) is 50.4. The Bertz CT molecular complexity index is 195. The van der Waals surface area contributed by atoms with Crippen molar-refractivity contribution < 1.29 is 0 Å². The largest absolute Gasteiger partial charge is 0.0785 e. The van der Waals surface area contributed by atoms with Crippen molar-refractivity contribution in [3.63, 3.8) is 0 Å². The van der Waals surface area contributed by atoms with Crippen LogP contribution in [0.5, 0.6) is 0 Å². The summed E-state index contributed by atoms with van der Waals surface area (Å²) >= 11 is 0. The normalized spacial score (nSPS) is 7.86. The number of hydrogen-bond acceptors (Lipinski definition) is 0. The maximum atomic E-state index is 3.40. The second kappa shape index (κ2) is 32.2. The monoisotopic (exact) mass is 402 g/mol. The first kappa shape index (κ1) is 32.9. The fourth-order valence-electron chi connectivity index (χ4n) is 0.268. The Hall–Kier alpha value is 0.0987. The van der Waals surface area contributed by atoms with Gasteiger partial charge in [0.1, 0.15) is 0 Å². The smallest absolute Gasteiger partial charge is 0 e. The summed E-state index contributed by atoms with van der Waals surface area (Å²) in [6, 6.07) is 0. The minimum Gasteiger partial charge on any atom is -0.0785 e. The van der Waals surface area contributed by atoms with Gasteiger partial charge in [-0.1, -0.05) is 112 Å². The molecule has 0 saturated heterocycles. The van der Waals surface area contributed by atoms with Gasteiger partial charge in [-0.25, -0.2) is 0 Å². The molecule has 126 valence electrons. The molecule has 0 rings (SSSR count). The van der Waals surface area contributed by atoms with Crippen molar-refractivity contribution in [2.24, 2.45) is 5.41 Å². The van der Waals surface area contributed by atoms with E-state index in [2.05, 4.69) is 80.4 Å². The van der Waals surface area contributed by atoms with E-state index in [9.17, 15) is 0 Å². The number of hydrogen-bond donors (Lipinski definition) is 0. The molecule has 21 heavy (non-hydrogen) atoms. The first-order valence-electron chi connectivity index (χ1n) is 8.42. The molecule has 0 saturated carbocycles. The quantitative estimate of drug-likeness (QED) is 0.338. The van der Waals surface area contributed by atoms with Crippen LogP contribution in [0.2, 0.25) is 0 Å². The van der Waals surface area contributed by atoms with Crippen LogP contribution in [-0.4, -0.2) is 23.9 Å². The number of unbranched alkanes of at least 4 members (excludes halogenated alkanes) is 3. The minimum atomic E-state index is 0. The predicted molar refractivity (Wildman–Crippen MR) is 104 cm³/mol. The minimum absolute atomic E-state index is 0. The summed E-state index contributed by atoms with van der Waals surface area (Å²) < 4.78 is 0. The second-order valence-electron chi connectivity index (χ2n) is 5.83. The van der Waals surface area contributed by atoms with E-state index in [1.807, 2.05) is 6.08 Å². The first-order valence-corrected chi connectivity index (χ1v) is 8.42. The zero-order valence-electron chi connectivity index (χ0n) is 16.5. The zero-order chi connectivity index (χ0) is 16.9. The molecule has 0 aliphatic rings. The van der Waals surface area contributed by atoms with E-state index in [4.69, 9.17) is 0 Å². The van der Waals surface area contributed by atoms with Gasteiger partial charge in [0.15, 0.2) is 0 Å². The van der Waals surface area contributed by atoms with Crippen molar-refractivity contribution in [2.45, 2.75) is 101 Å². The summed E-state index contributed by atoms with van der Waals surface area (Å²) in [5.41, 5.74) is 5.58. The maximum Gasteiger partial charge on any atom is 0 e. The Morgan fingerprint density at radius 3 is 1.00 bits per heavy atom. The van der Waals surface area contributed by atoms with E-state index in [1.54, 1.807) is 0 Å². The van der Waals surface area contributed by atoms with Crippen LogP contribution in [0.25, 0.3) is 0 Å². The summed E-state index contributed by atoms with van der Waals surface area (Å²) in [6.07, 6.45) is 9.86. The molecule has 0 aromatic rings. The second-order valence-corrected chi connectivity index (χ2v) is 5.83. The van der Waals surface area contributed by atoms with Crippen LogP contribution in [0.1, 0.15) is 101 Å². The van der Waals surface area contributed by atoms with E-state index < -0.39 is 0 Å². The van der Waals surface area contributed by atoms with Crippen molar-refractivity contribution in [3.05, 3.63) is 24.1 Å². The van der Waals surface area contributed by atoms with Crippen LogP contribution in [0, 0.1) is 5.41 Å². The molecule has 0 fully saturated rings. The Morgan fingerprint density at radius 2 is 0.952 bits per heavy atom. The summed E-state index contributed by atoms with van der Waals surface area (Å²) in [6.45, 7) is 22.8. The van der Waals surface area contributed by atoms with Crippen molar-refractivity contribution in [3.8, 4) is 0 Å². The standard InChI is InChI=1S/C8H12.3C4H10.Sn/c1-5-6-7-8(2,3)4;3*1-3-4-2;/h7H,1H2,2-4H3;3*3-4H2,1-2H3;. The third-order valence-corrected chi connectivity index (χ3v) is 2.11. The molecule has 1 heteroatoms. The van der Waals surface area contributed by atoms with Gasteiger partial charge in [0.05, 0.1) is 0 Å². The summed E-state index contributed by atoms with van der Waals surface area (Å²) in [7, 11) is 0. The predicted octanol–water partition coefficient (Wildman–Crippen LogP) is 7.57. The molecular weight excluding hydrogens is 359 g/mol. The average Bonchev–Trinajstić information content (AvgIpc) is 2.45. The van der Waals surface area contributed by atoms with Crippen molar-refractivity contribution in [2.75, 3.05) is 0 Å². The fourth-order valence-corrected chi connectivity index (χ4v) is 0.268. The molecule has 0 aromatic carbocycles. The molecule has 0 aliphatic heterocycles. The van der Waals surface area contributed by atoms with Gasteiger partial charge in [-0.15, -0.1) is 0 Å². The molecule has 0 aliphatic carbocycles. The molecule has 0 N–H and O–H groups in total. The molecule has 0 heterocycles. The maximum absolute atomic E-state index is 3.40. The summed E-state index contributed by atoms with van der Waals surface area (Å²) in [4.78, 5) is 0. The third-order valence-electron chi connectivity index (χ3n) is 2.11. The van der Waals surface area contributed by atoms with Crippen molar-refractivity contribution >= 4 is 23.9 Å². The van der Waals surface area contributed by atoms with Crippen LogP contribution in [0.15, 0.2) is 24.1 Å².